The van der Waals surface area contributed by atoms with Gasteiger partial charge in [0, 0.05) is 24.5 Å². The minimum absolute atomic E-state index is 0.180. The highest BCUT2D eigenvalue weighted by atomic mass is 32.1. The molecule has 1 aliphatic heterocycles. The second-order valence-corrected chi connectivity index (χ2v) is 6.47. The third kappa shape index (κ3) is 3.25. The number of hydrogen-bond acceptors (Lipinski definition) is 7. The van der Waals surface area contributed by atoms with E-state index < -0.39 is 0 Å². The van der Waals surface area contributed by atoms with E-state index in [-0.39, 0.29) is 6.10 Å². The summed E-state index contributed by atoms with van der Waals surface area (Å²) in [5.41, 5.74) is 5.81. The smallest absolute Gasteiger partial charge is 0.223 e. The van der Waals surface area contributed by atoms with Crippen LogP contribution in [0.5, 0.6) is 0 Å². The van der Waals surface area contributed by atoms with E-state index in [9.17, 15) is 0 Å². The molecule has 0 aliphatic carbocycles. The predicted molar refractivity (Wildman–Crippen MR) is 86.9 cm³/mol. The number of hydrogen-bond donors (Lipinski definition) is 2. The van der Waals surface area contributed by atoms with Crippen molar-refractivity contribution >= 4 is 33.3 Å². The van der Waals surface area contributed by atoms with Crippen LogP contribution in [0.25, 0.3) is 10.2 Å². The molecular formula is C14H21N5OS. The van der Waals surface area contributed by atoms with Crippen LogP contribution in [0.15, 0.2) is 6.07 Å². The molecular weight excluding hydrogens is 286 g/mol. The highest BCUT2D eigenvalue weighted by molar-refractivity contribution is 7.18. The monoisotopic (exact) mass is 307 g/mol. The Morgan fingerprint density at radius 3 is 3.14 bits per heavy atom. The number of fused-ring (bicyclic) bond motifs is 1. The molecule has 0 bridgehead atoms. The molecule has 21 heavy (non-hydrogen) atoms. The maximum Gasteiger partial charge on any atom is 0.223 e. The Morgan fingerprint density at radius 2 is 2.38 bits per heavy atom. The van der Waals surface area contributed by atoms with Gasteiger partial charge in [0.25, 0.3) is 0 Å². The predicted octanol–water partition coefficient (Wildman–Crippen LogP) is 1.58. The first kappa shape index (κ1) is 14.5. The average Bonchev–Trinajstić information content (AvgIpc) is 2.87. The molecule has 0 spiro atoms. The summed E-state index contributed by atoms with van der Waals surface area (Å²) in [6, 6.07) is 2.15. The van der Waals surface area contributed by atoms with Gasteiger partial charge in [0.1, 0.15) is 10.6 Å². The summed E-state index contributed by atoms with van der Waals surface area (Å²) >= 11 is 1.68. The molecule has 1 unspecified atom stereocenters. The van der Waals surface area contributed by atoms with Crippen molar-refractivity contribution in [2.45, 2.75) is 19.4 Å². The lowest BCUT2D eigenvalue weighted by Crippen LogP contribution is -2.43. The number of aryl methyl sites for hydroxylation is 1. The normalized spacial score (nSPS) is 20.0. The molecule has 1 atom stereocenters. The average molecular weight is 307 g/mol. The largest absolute Gasteiger partial charge is 0.374 e. The van der Waals surface area contributed by atoms with Crippen molar-refractivity contribution in [3.8, 4) is 0 Å². The molecule has 0 saturated carbocycles. The summed E-state index contributed by atoms with van der Waals surface area (Å²) in [4.78, 5) is 13.2. The van der Waals surface area contributed by atoms with Gasteiger partial charge in [-0.2, -0.15) is 4.98 Å². The summed E-state index contributed by atoms with van der Waals surface area (Å²) in [7, 11) is 2.11. The molecule has 1 saturated heterocycles. The number of ether oxygens (including phenoxy) is 1. The third-order valence-corrected chi connectivity index (χ3v) is 4.82. The minimum Gasteiger partial charge on any atom is -0.374 e. The Kier molecular flexibility index (Phi) is 4.23. The van der Waals surface area contributed by atoms with Gasteiger partial charge in [-0.15, -0.1) is 11.3 Å². The van der Waals surface area contributed by atoms with Gasteiger partial charge in [-0.3, -0.25) is 0 Å². The maximum absolute atomic E-state index is 5.81. The van der Waals surface area contributed by atoms with Crippen LogP contribution in [0.3, 0.4) is 0 Å². The number of aromatic nitrogens is 2. The van der Waals surface area contributed by atoms with Gasteiger partial charge >= 0.3 is 0 Å². The van der Waals surface area contributed by atoms with Gasteiger partial charge in [-0.25, -0.2) is 4.98 Å². The lowest BCUT2D eigenvalue weighted by Gasteiger charge is -2.30. The van der Waals surface area contributed by atoms with Crippen LogP contribution in [0.4, 0.5) is 11.8 Å². The summed E-state index contributed by atoms with van der Waals surface area (Å²) in [5.74, 6) is 1.13. The molecule has 1 aliphatic rings. The van der Waals surface area contributed by atoms with Crippen molar-refractivity contribution in [1.29, 1.82) is 0 Å². The molecule has 3 heterocycles. The summed E-state index contributed by atoms with van der Waals surface area (Å²) in [6.07, 6.45) is 1.18. The van der Waals surface area contributed by atoms with Crippen LogP contribution in [-0.4, -0.2) is 54.3 Å². The topological polar surface area (TPSA) is 76.3 Å². The standard InChI is InChI=1S/C14H21N5OS/c1-3-10-6-11-12(17-14(15)18-13(11)21-10)16-7-9-8-19(2)4-5-20-9/h6,9H,3-5,7-8H2,1-2H3,(H3,15,16,17,18). The zero-order chi connectivity index (χ0) is 14.8. The molecule has 7 heteroatoms. The van der Waals surface area contributed by atoms with Gasteiger partial charge in [0.15, 0.2) is 0 Å². The van der Waals surface area contributed by atoms with Gasteiger partial charge in [-0.1, -0.05) is 6.92 Å². The zero-order valence-corrected chi connectivity index (χ0v) is 13.2. The van der Waals surface area contributed by atoms with E-state index in [0.717, 1.165) is 48.7 Å². The number of morpholine rings is 1. The Morgan fingerprint density at radius 1 is 1.52 bits per heavy atom. The molecule has 3 rings (SSSR count). The van der Waals surface area contributed by atoms with Crippen LogP contribution in [-0.2, 0) is 11.2 Å². The van der Waals surface area contributed by atoms with Crippen LogP contribution >= 0.6 is 11.3 Å². The molecule has 0 amide bonds. The Labute approximate surface area is 128 Å². The number of nitrogens with zero attached hydrogens (tertiary/aromatic N) is 3. The Bertz CT molecular complexity index is 629. The van der Waals surface area contributed by atoms with E-state index in [0.29, 0.717) is 5.95 Å². The molecule has 0 radical (unpaired) electrons. The number of likely N-dealkylation sites (N-methyl/N-ethyl adjacent to an activating group) is 1. The van der Waals surface area contributed by atoms with E-state index in [1.54, 1.807) is 11.3 Å². The lowest BCUT2D eigenvalue weighted by atomic mass is 10.2. The molecule has 0 aromatic carbocycles. The highest BCUT2D eigenvalue weighted by Crippen LogP contribution is 2.29. The number of nitrogens with one attached hydrogen (secondary N) is 1. The van der Waals surface area contributed by atoms with Crippen molar-refractivity contribution in [2.24, 2.45) is 0 Å². The number of rotatable bonds is 4. The van der Waals surface area contributed by atoms with Gasteiger partial charge in [-0.05, 0) is 19.5 Å². The first-order valence-corrected chi connectivity index (χ1v) is 8.07. The second-order valence-electron chi connectivity index (χ2n) is 5.35. The number of anilines is 2. The third-order valence-electron chi connectivity index (χ3n) is 3.65. The van der Waals surface area contributed by atoms with E-state index in [2.05, 4.69) is 40.2 Å². The number of nitrogens with two attached hydrogens (primary N) is 1. The van der Waals surface area contributed by atoms with Crippen LogP contribution < -0.4 is 11.1 Å². The van der Waals surface area contributed by atoms with Crippen molar-refractivity contribution in [3.05, 3.63) is 10.9 Å². The fourth-order valence-electron chi connectivity index (χ4n) is 2.50. The quantitative estimate of drug-likeness (QED) is 0.893. The fraction of sp³-hybridized carbons (Fsp3) is 0.571. The van der Waals surface area contributed by atoms with E-state index in [4.69, 9.17) is 10.5 Å². The van der Waals surface area contributed by atoms with E-state index >= 15 is 0 Å². The van der Waals surface area contributed by atoms with Crippen molar-refractivity contribution < 1.29 is 4.74 Å². The number of thiophene rings is 1. The van der Waals surface area contributed by atoms with E-state index in [1.165, 1.54) is 4.88 Å². The molecule has 1 fully saturated rings. The van der Waals surface area contributed by atoms with Crippen molar-refractivity contribution in [3.63, 3.8) is 0 Å². The van der Waals surface area contributed by atoms with Crippen molar-refractivity contribution in [2.75, 3.05) is 44.3 Å². The van der Waals surface area contributed by atoms with Crippen LogP contribution in [0.1, 0.15) is 11.8 Å². The maximum atomic E-state index is 5.81. The minimum atomic E-state index is 0.180. The van der Waals surface area contributed by atoms with Crippen LogP contribution in [0, 0.1) is 0 Å². The van der Waals surface area contributed by atoms with Gasteiger partial charge in [0.2, 0.25) is 5.95 Å². The zero-order valence-electron chi connectivity index (χ0n) is 12.4. The lowest BCUT2D eigenvalue weighted by molar-refractivity contribution is -0.0117. The summed E-state index contributed by atoms with van der Waals surface area (Å²) in [6.45, 7) is 5.57. The molecule has 3 N–H and O–H groups in total. The SMILES string of the molecule is CCc1cc2c(NCC3CN(C)CCO3)nc(N)nc2s1. The Balaban J connectivity index is 1.77. The summed E-state index contributed by atoms with van der Waals surface area (Å²) < 4.78 is 5.76. The van der Waals surface area contributed by atoms with E-state index in [1.807, 2.05) is 0 Å². The first-order chi connectivity index (χ1) is 10.2. The van der Waals surface area contributed by atoms with Crippen molar-refractivity contribution in [1.82, 2.24) is 14.9 Å². The highest BCUT2D eigenvalue weighted by Gasteiger charge is 2.18. The molecule has 2 aromatic rings. The van der Waals surface area contributed by atoms with Gasteiger partial charge < -0.3 is 20.7 Å². The summed E-state index contributed by atoms with van der Waals surface area (Å²) in [5, 5.41) is 4.43. The van der Waals surface area contributed by atoms with Gasteiger partial charge in [0.05, 0.1) is 18.1 Å². The van der Waals surface area contributed by atoms with Crippen LogP contribution in [0.2, 0.25) is 0 Å². The second kappa shape index (κ2) is 6.13. The molecule has 6 nitrogen and oxygen atoms in total. The molecule has 2 aromatic heterocycles. The molecule has 114 valence electrons. The number of nitrogen functional groups attached to an aromatic ring is 1. The fourth-order valence-corrected chi connectivity index (χ4v) is 3.47. The Hall–Kier alpha value is -1.44. The first-order valence-electron chi connectivity index (χ1n) is 7.25.